The summed E-state index contributed by atoms with van der Waals surface area (Å²) in [6.45, 7) is 5.68. The van der Waals surface area contributed by atoms with Gasteiger partial charge in [-0.15, -0.1) is 11.3 Å². The minimum atomic E-state index is -0.458. The van der Waals surface area contributed by atoms with Crippen molar-refractivity contribution in [3.05, 3.63) is 27.8 Å². The Balaban J connectivity index is 2.06. The number of aromatic nitrogens is 2. The second-order valence-corrected chi connectivity index (χ2v) is 7.28. The van der Waals surface area contributed by atoms with Crippen LogP contribution in [0.5, 0.6) is 0 Å². The van der Waals surface area contributed by atoms with Crippen LogP contribution in [0.4, 0.5) is 10.8 Å². The maximum atomic E-state index is 12.2. The molecule has 0 atom stereocenters. The first-order valence-electron chi connectivity index (χ1n) is 7.59. The summed E-state index contributed by atoms with van der Waals surface area (Å²) in [4.78, 5) is 33.2. The van der Waals surface area contributed by atoms with Crippen LogP contribution in [0.25, 0.3) is 0 Å². The summed E-state index contributed by atoms with van der Waals surface area (Å²) in [5.74, 6) is -0.669. The molecule has 2 rings (SSSR count). The van der Waals surface area contributed by atoms with E-state index in [1.54, 1.807) is 6.92 Å². The summed E-state index contributed by atoms with van der Waals surface area (Å²) in [6.07, 6.45) is 1.31. The monoisotopic (exact) mass is 391 g/mol. The van der Waals surface area contributed by atoms with Crippen LogP contribution in [0.3, 0.4) is 0 Å². The van der Waals surface area contributed by atoms with Crippen LogP contribution >= 0.6 is 23.1 Å². The summed E-state index contributed by atoms with van der Waals surface area (Å²) in [5.41, 5.74) is 6.98. The number of rotatable bonds is 6. The summed E-state index contributed by atoms with van der Waals surface area (Å²) in [5, 5.41) is 12.3. The number of carbonyl (C=O) groups excluding carboxylic acids is 2. The van der Waals surface area contributed by atoms with Gasteiger partial charge in [-0.25, -0.2) is 14.8 Å². The number of aryl methyl sites for hydroxylation is 1. The molecule has 0 saturated carbocycles. The Hall–Kier alpha value is -2.64. The van der Waals surface area contributed by atoms with Gasteiger partial charge in [0.2, 0.25) is 5.91 Å². The zero-order valence-electron chi connectivity index (χ0n) is 14.5. The maximum Gasteiger partial charge on any atom is 0.341 e. The van der Waals surface area contributed by atoms with Crippen LogP contribution in [0.2, 0.25) is 0 Å². The molecule has 0 radical (unpaired) electrons. The lowest BCUT2D eigenvalue weighted by Crippen LogP contribution is -2.16. The Morgan fingerprint density at radius 1 is 1.46 bits per heavy atom. The summed E-state index contributed by atoms with van der Waals surface area (Å²) < 4.78 is 5.06. The van der Waals surface area contributed by atoms with Crippen molar-refractivity contribution in [1.29, 1.82) is 5.26 Å². The number of thiophene rings is 1. The first-order valence-corrected chi connectivity index (χ1v) is 9.39. The zero-order valence-corrected chi connectivity index (χ0v) is 16.1. The minimum Gasteiger partial charge on any atom is -0.462 e. The number of nitrogens with zero attached hydrogens (tertiary/aromatic N) is 3. The van der Waals surface area contributed by atoms with Crippen molar-refractivity contribution in [3.63, 3.8) is 0 Å². The SMILES string of the molecule is CCOC(=O)c1c(NC(=O)CSc2ncc(C#N)c(N)n2)sc(C)c1C. The van der Waals surface area contributed by atoms with Gasteiger partial charge in [-0.1, -0.05) is 11.8 Å². The molecule has 2 heterocycles. The van der Waals surface area contributed by atoms with Crippen LogP contribution in [0.15, 0.2) is 11.4 Å². The molecule has 8 nitrogen and oxygen atoms in total. The number of nitriles is 1. The molecule has 2 aromatic heterocycles. The Bertz CT molecular complexity index is 889. The summed E-state index contributed by atoms with van der Waals surface area (Å²) in [7, 11) is 0. The fraction of sp³-hybridized carbons (Fsp3) is 0.312. The van der Waals surface area contributed by atoms with E-state index in [2.05, 4.69) is 15.3 Å². The lowest BCUT2D eigenvalue weighted by Gasteiger charge is -2.07. The number of carbonyl (C=O) groups is 2. The normalized spacial score (nSPS) is 10.2. The number of esters is 1. The molecule has 0 aliphatic carbocycles. The zero-order chi connectivity index (χ0) is 19.3. The predicted molar refractivity (Wildman–Crippen MR) is 100 cm³/mol. The van der Waals surface area contributed by atoms with Gasteiger partial charge in [0.05, 0.1) is 24.1 Å². The van der Waals surface area contributed by atoms with Crippen molar-refractivity contribution in [2.24, 2.45) is 0 Å². The van der Waals surface area contributed by atoms with Gasteiger partial charge in [0, 0.05) is 4.88 Å². The molecule has 26 heavy (non-hydrogen) atoms. The van der Waals surface area contributed by atoms with Gasteiger partial charge < -0.3 is 15.8 Å². The van der Waals surface area contributed by atoms with Crippen molar-refractivity contribution in [3.8, 4) is 6.07 Å². The summed E-state index contributed by atoms with van der Waals surface area (Å²) in [6, 6.07) is 1.87. The molecular weight excluding hydrogens is 374 g/mol. The van der Waals surface area contributed by atoms with Gasteiger partial charge in [0.15, 0.2) is 5.16 Å². The second-order valence-electron chi connectivity index (χ2n) is 5.11. The maximum absolute atomic E-state index is 12.2. The Kier molecular flexibility index (Phi) is 6.54. The van der Waals surface area contributed by atoms with Crippen LogP contribution in [0.1, 0.15) is 33.3 Å². The number of hydrogen-bond donors (Lipinski definition) is 2. The third-order valence-corrected chi connectivity index (χ3v) is 5.35. The molecule has 0 aromatic carbocycles. The number of nitrogens with one attached hydrogen (secondary N) is 1. The number of nitrogen functional groups attached to an aromatic ring is 1. The van der Waals surface area contributed by atoms with Crippen LogP contribution < -0.4 is 11.1 Å². The fourth-order valence-corrected chi connectivity index (χ4v) is 3.68. The third-order valence-electron chi connectivity index (χ3n) is 3.37. The van der Waals surface area contributed by atoms with E-state index in [0.29, 0.717) is 15.7 Å². The van der Waals surface area contributed by atoms with Crippen molar-refractivity contribution < 1.29 is 14.3 Å². The number of nitrogens with two attached hydrogens (primary N) is 1. The third kappa shape index (κ3) is 4.50. The number of thioether (sulfide) groups is 1. The predicted octanol–water partition coefficient (Wildman–Crippen LogP) is 2.52. The average molecular weight is 391 g/mol. The number of amides is 1. The lowest BCUT2D eigenvalue weighted by molar-refractivity contribution is -0.113. The smallest absolute Gasteiger partial charge is 0.341 e. The van der Waals surface area contributed by atoms with E-state index < -0.39 is 5.97 Å². The number of hydrogen-bond acceptors (Lipinski definition) is 9. The highest BCUT2D eigenvalue weighted by Gasteiger charge is 2.22. The first kappa shape index (κ1) is 19.7. The topological polar surface area (TPSA) is 131 Å². The molecule has 0 aliphatic heterocycles. The van der Waals surface area contributed by atoms with Crippen LogP contribution in [0, 0.1) is 25.2 Å². The van der Waals surface area contributed by atoms with E-state index in [9.17, 15) is 9.59 Å². The van der Waals surface area contributed by atoms with Gasteiger partial charge in [-0.2, -0.15) is 5.26 Å². The highest BCUT2D eigenvalue weighted by Crippen LogP contribution is 2.33. The van der Waals surface area contributed by atoms with E-state index in [4.69, 9.17) is 15.7 Å². The van der Waals surface area contributed by atoms with Crippen molar-refractivity contribution in [1.82, 2.24) is 9.97 Å². The molecule has 0 aliphatic rings. The molecule has 0 fully saturated rings. The lowest BCUT2D eigenvalue weighted by atomic mass is 10.1. The minimum absolute atomic E-state index is 0.0314. The van der Waals surface area contributed by atoms with Crippen LogP contribution in [-0.4, -0.2) is 34.2 Å². The van der Waals surface area contributed by atoms with Crippen molar-refractivity contribution in [2.75, 3.05) is 23.4 Å². The van der Waals surface area contributed by atoms with E-state index in [0.717, 1.165) is 22.2 Å². The second kappa shape index (κ2) is 8.64. The van der Waals surface area contributed by atoms with E-state index in [-0.39, 0.29) is 29.6 Å². The Morgan fingerprint density at radius 3 is 2.81 bits per heavy atom. The van der Waals surface area contributed by atoms with Crippen molar-refractivity contribution in [2.45, 2.75) is 25.9 Å². The number of anilines is 2. The molecule has 0 spiro atoms. The van der Waals surface area contributed by atoms with Gasteiger partial charge in [-0.3, -0.25) is 4.79 Å². The molecule has 0 bridgehead atoms. The van der Waals surface area contributed by atoms with E-state index in [1.165, 1.54) is 17.5 Å². The van der Waals surface area contributed by atoms with Gasteiger partial charge in [0.25, 0.3) is 0 Å². The Morgan fingerprint density at radius 2 is 2.19 bits per heavy atom. The summed E-state index contributed by atoms with van der Waals surface area (Å²) >= 11 is 2.40. The standard InChI is InChI=1S/C16H17N5O3S2/c1-4-24-15(23)12-8(2)9(3)26-14(12)20-11(22)7-25-16-19-6-10(5-17)13(18)21-16/h6H,4,7H2,1-3H3,(H,20,22)(H2,18,19,21). The van der Waals surface area contributed by atoms with Crippen molar-refractivity contribution >= 4 is 45.8 Å². The van der Waals surface area contributed by atoms with Crippen LogP contribution in [-0.2, 0) is 9.53 Å². The van der Waals surface area contributed by atoms with Gasteiger partial charge in [-0.05, 0) is 26.3 Å². The molecule has 10 heteroatoms. The molecule has 3 N–H and O–H groups in total. The van der Waals surface area contributed by atoms with Gasteiger partial charge in [0.1, 0.15) is 22.5 Å². The highest BCUT2D eigenvalue weighted by molar-refractivity contribution is 7.99. The largest absolute Gasteiger partial charge is 0.462 e. The molecule has 0 unspecified atom stereocenters. The molecule has 2 aromatic rings. The number of ether oxygens (including phenoxy) is 1. The Labute approximate surface area is 158 Å². The highest BCUT2D eigenvalue weighted by atomic mass is 32.2. The first-order chi connectivity index (χ1) is 12.4. The van der Waals surface area contributed by atoms with E-state index >= 15 is 0 Å². The quantitative estimate of drug-likeness (QED) is 0.436. The molecule has 1 amide bonds. The average Bonchev–Trinajstić information content (AvgIpc) is 2.87. The molecule has 0 saturated heterocycles. The molecular formula is C16H17N5O3S2. The van der Waals surface area contributed by atoms with E-state index in [1.807, 2.05) is 19.9 Å². The molecule has 136 valence electrons. The fourth-order valence-electron chi connectivity index (χ4n) is 1.99. The van der Waals surface area contributed by atoms with Gasteiger partial charge >= 0.3 is 5.97 Å².